The molecule has 1 N–H and O–H groups in total. The number of rotatable bonds is 7. The molecule has 0 bridgehead atoms. The number of benzene rings is 1. The van der Waals surface area contributed by atoms with E-state index in [1.165, 1.54) is 23.1 Å². The van der Waals surface area contributed by atoms with Crippen molar-refractivity contribution in [3.05, 3.63) is 34.8 Å². The van der Waals surface area contributed by atoms with Crippen LogP contribution in [0.2, 0.25) is 0 Å². The van der Waals surface area contributed by atoms with Gasteiger partial charge < -0.3 is 14.6 Å². The number of aryl methyl sites for hydroxylation is 2. The molecule has 2 heterocycles. The maximum Gasteiger partial charge on any atom is 0.239 e. The van der Waals surface area contributed by atoms with Gasteiger partial charge in [-0.05, 0) is 39.8 Å². The molecule has 0 saturated carbocycles. The fraction of sp³-hybridized carbons (Fsp3) is 0.368. The molecule has 0 fully saturated rings. The molecule has 1 aromatic carbocycles. The van der Waals surface area contributed by atoms with Gasteiger partial charge >= 0.3 is 0 Å². The number of amides is 1. The number of hydrogen-bond acceptors (Lipinski definition) is 7. The zero-order valence-corrected chi connectivity index (χ0v) is 18.1. The third-order valence-electron chi connectivity index (χ3n) is 4.29. The number of anilines is 1. The monoisotopic (exact) mass is 417 g/mol. The molecule has 9 heteroatoms. The highest BCUT2D eigenvalue weighted by Gasteiger charge is 2.22. The fourth-order valence-corrected chi connectivity index (χ4v) is 4.36. The summed E-state index contributed by atoms with van der Waals surface area (Å²) < 4.78 is 7.44. The average molecular weight is 418 g/mol. The number of carbonyl (C=O) groups excluding carboxylic acids is 1. The summed E-state index contributed by atoms with van der Waals surface area (Å²) in [4.78, 5) is 18.0. The van der Waals surface area contributed by atoms with Gasteiger partial charge in [-0.2, -0.15) is 0 Å². The molecule has 1 amide bonds. The molecule has 7 nitrogen and oxygen atoms in total. The van der Waals surface area contributed by atoms with Gasteiger partial charge in [-0.25, -0.2) is 4.98 Å². The number of carbonyl (C=O) groups is 1. The molecule has 0 aliphatic heterocycles. The number of methoxy groups -OCH3 is 1. The highest BCUT2D eigenvalue weighted by Crippen LogP contribution is 2.32. The van der Waals surface area contributed by atoms with E-state index in [9.17, 15) is 4.79 Å². The van der Waals surface area contributed by atoms with E-state index in [0.717, 1.165) is 27.7 Å². The van der Waals surface area contributed by atoms with Crippen LogP contribution in [-0.2, 0) is 11.3 Å². The van der Waals surface area contributed by atoms with Crippen LogP contribution in [0.5, 0.6) is 5.75 Å². The van der Waals surface area contributed by atoms with Crippen LogP contribution in [0, 0.1) is 13.8 Å². The van der Waals surface area contributed by atoms with Crippen molar-refractivity contribution in [3.63, 3.8) is 0 Å². The number of thiazole rings is 1. The van der Waals surface area contributed by atoms with Gasteiger partial charge in [0.15, 0.2) is 16.1 Å². The van der Waals surface area contributed by atoms with E-state index in [2.05, 4.69) is 20.5 Å². The van der Waals surface area contributed by atoms with Crippen molar-refractivity contribution in [1.82, 2.24) is 19.7 Å². The summed E-state index contributed by atoms with van der Waals surface area (Å²) in [5.74, 6) is 1.35. The molecular weight excluding hydrogens is 394 g/mol. The first kappa shape index (κ1) is 20.3. The zero-order valence-electron chi connectivity index (χ0n) is 16.5. The van der Waals surface area contributed by atoms with Crippen LogP contribution in [0.25, 0.3) is 11.4 Å². The number of ether oxygens (including phenoxy) is 1. The minimum absolute atomic E-state index is 0.108. The van der Waals surface area contributed by atoms with Crippen molar-refractivity contribution < 1.29 is 9.53 Å². The van der Waals surface area contributed by atoms with E-state index < -0.39 is 0 Å². The smallest absolute Gasteiger partial charge is 0.239 e. The van der Waals surface area contributed by atoms with Crippen molar-refractivity contribution in [2.45, 2.75) is 44.6 Å². The van der Waals surface area contributed by atoms with E-state index in [-0.39, 0.29) is 11.2 Å². The van der Waals surface area contributed by atoms with Crippen LogP contribution >= 0.6 is 23.1 Å². The molecule has 2 aromatic heterocycles. The first-order valence-corrected chi connectivity index (χ1v) is 10.6. The molecule has 0 unspecified atom stereocenters. The van der Waals surface area contributed by atoms with Gasteiger partial charge in [0.25, 0.3) is 0 Å². The Balaban J connectivity index is 1.78. The van der Waals surface area contributed by atoms with E-state index in [1.54, 1.807) is 7.11 Å². The van der Waals surface area contributed by atoms with Gasteiger partial charge in [0.1, 0.15) is 5.75 Å². The van der Waals surface area contributed by atoms with Crippen LogP contribution in [0.3, 0.4) is 0 Å². The third kappa shape index (κ3) is 4.20. The average Bonchev–Trinajstić information content (AvgIpc) is 3.23. The number of thioether (sulfide) groups is 1. The largest absolute Gasteiger partial charge is 0.496 e. The Labute approximate surface area is 172 Å². The summed E-state index contributed by atoms with van der Waals surface area (Å²) in [5.41, 5.74) is 1.81. The second-order valence-corrected chi connectivity index (χ2v) is 8.67. The first-order chi connectivity index (χ1) is 13.4. The maximum absolute atomic E-state index is 12.6. The molecule has 0 aliphatic carbocycles. The van der Waals surface area contributed by atoms with Gasteiger partial charge in [-0.15, -0.1) is 21.5 Å². The zero-order chi connectivity index (χ0) is 20.3. The van der Waals surface area contributed by atoms with Crippen LogP contribution in [0.15, 0.2) is 29.4 Å². The molecule has 0 spiro atoms. The predicted octanol–water partition coefficient (Wildman–Crippen LogP) is 4.17. The summed E-state index contributed by atoms with van der Waals surface area (Å²) in [6.07, 6.45) is 0. The Kier molecular flexibility index (Phi) is 6.35. The van der Waals surface area contributed by atoms with Gasteiger partial charge in [-0.1, -0.05) is 23.9 Å². The van der Waals surface area contributed by atoms with E-state index in [0.29, 0.717) is 16.8 Å². The van der Waals surface area contributed by atoms with Crippen LogP contribution in [0.1, 0.15) is 24.4 Å². The summed E-state index contributed by atoms with van der Waals surface area (Å²) in [7, 11) is 1.63. The number of hydrogen-bond donors (Lipinski definition) is 1. The fourth-order valence-electron chi connectivity index (χ4n) is 2.63. The molecule has 0 aliphatic rings. The quantitative estimate of drug-likeness (QED) is 0.581. The van der Waals surface area contributed by atoms with Crippen molar-refractivity contribution in [1.29, 1.82) is 0 Å². The normalized spacial score (nSPS) is 12.0. The van der Waals surface area contributed by atoms with E-state index in [4.69, 9.17) is 4.74 Å². The summed E-state index contributed by atoms with van der Waals surface area (Å²) in [6, 6.07) is 7.70. The molecule has 3 aromatic rings. The van der Waals surface area contributed by atoms with Crippen LogP contribution in [-0.4, -0.2) is 38.0 Å². The molecule has 28 heavy (non-hydrogen) atoms. The maximum atomic E-state index is 12.6. The highest BCUT2D eigenvalue weighted by atomic mass is 32.2. The van der Waals surface area contributed by atoms with E-state index >= 15 is 0 Å². The summed E-state index contributed by atoms with van der Waals surface area (Å²) >= 11 is 2.86. The standard InChI is InChI=1S/C19H23N5O2S2/c1-6-24-16(14-9-7-8-10-15(14)26-5)22-23-19(24)28-13(4)17(25)21-18-20-11(2)12(3)27-18/h7-10,13H,6H2,1-5H3,(H,20,21,25)/t13-/m1/s1. The number of nitrogens with zero attached hydrogens (tertiary/aromatic N) is 4. The lowest BCUT2D eigenvalue weighted by Crippen LogP contribution is -2.22. The van der Waals surface area contributed by atoms with Gasteiger partial charge in [0.05, 0.1) is 23.6 Å². The van der Waals surface area contributed by atoms with Crippen molar-refractivity contribution in [3.8, 4) is 17.1 Å². The van der Waals surface area contributed by atoms with Crippen LogP contribution in [0.4, 0.5) is 5.13 Å². The Morgan fingerprint density at radius 1 is 1.32 bits per heavy atom. The first-order valence-electron chi connectivity index (χ1n) is 8.92. The Morgan fingerprint density at radius 2 is 2.07 bits per heavy atom. The van der Waals surface area contributed by atoms with E-state index in [1.807, 2.05) is 56.5 Å². The molecule has 148 valence electrons. The van der Waals surface area contributed by atoms with Gasteiger partial charge in [0, 0.05) is 11.4 Å². The Morgan fingerprint density at radius 3 is 2.71 bits per heavy atom. The lowest BCUT2D eigenvalue weighted by atomic mass is 10.2. The second kappa shape index (κ2) is 8.74. The van der Waals surface area contributed by atoms with Crippen molar-refractivity contribution in [2.75, 3.05) is 12.4 Å². The third-order valence-corrected chi connectivity index (χ3v) is 6.36. The Hall–Kier alpha value is -2.39. The molecular formula is C19H23N5O2S2. The molecule has 1 atom stereocenters. The minimum Gasteiger partial charge on any atom is -0.496 e. The summed E-state index contributed by atoms with van der Waals surface area (Å²) in [5, 5.41) is 12.5. The Bertz CT molecular complexity index is 963. The molecule has 0 saturated heterocycles. The number of aromatic nitrogens is 4. The van der Waals surface area contributed by atoms with Gasteiger partial charge in [-0.3, -0.25) is 4.79 Å². The van der Waals surface area contributed by atoms with Crippen LogP contribution < -0.4 is 10.1 Å². The minimum atomic E-state index is -0.343. The highest BCUT2D eigenvalue weighted by molar-refractivity contribution is 8.00. The SMILES string of the molecule is CCn1c(S[C@H](C)C(=O)Nc2nc(C)c(C)s2)nnc1-c1ccccc1OC. The van der Waals surface area contributed by atoms with Crippen molar-refractivity contribution in [2.24, 2.45) is 0 Å². The number of nitrogens with one attached hydrogen (secondary N) is 1. The topological polar surface area (TPSA) is 81.9 Å². The number of para-hydroxylation sites is 1. The van der Waals surface area contributed by atoms with Crippen molar-refractivity contribution >= 4 is 34.1 Å². The lowest BCUT2D eigenvalue weighted by molar-refractivity contribution is -0.115. The molecule has 0 radical (unpaired) electrons. The second-order valence-electron chi connectivity index (χ2n) is 6.16. The predicted molar refractivity (Wildman–Crippen MR) is 113 cm³/mol. The summed E-state index contributed by atoms with van der Waals surface area (Å²) in [6.45, 7) is 8.48. The molecule has 3 rings (SSSR count). The van der Waals surface area contributed by atoms with Gasteiger partial charge in [0.2, 0.25) is 5.91 Å². The lowest BCUT2D eigenvalue weighted by Gasteiger charge is -2.12.